The second kappa shape index (κ2) is 5.82. The van der Waals surface area contributed by atoms with E-state index in [4.69, 9.17) is 4.74 Å². The summed E-state index contributed by atoms with van der Waals surface area (Å²) in [6, 6.07) is 0.0631. The van der Waals surface area contributed by atoms with Gasteiger partial charge in [0.15, 0.2) is 0 Å². The van der Waals surface area contributed by atoms with Gasteiger partial charge in [0.05, 0.1) is 19.3 Å². The molecular weight excluding hydrogens is 292 g/mol. The fraction of sp³-hybridized carbons (Fsp3) is 0.765. The minimum absolute atomic E-state index is 0.0619. The monoisotopic (exact) mass is 318 g/mol. The highest BCUT2D eigenvalue weighted by atomic mass is 16.5. The van der Waals surface area contributed by atoms with Gasteiger partial charge < -0.3 is 15.0 Å². The molecule has 2 amide bonds. The predicted octanol–water partition coefficient (Wildman–Crippen LogP) is 2.18. The van der Waals surface area contributed by atoms with E-state index in [-0.39, 0.29) is 12.1 Å². The van der Waals surface area contributed by atoms with E-state index in [1.54, 1.807) is 0 Å². The average Bonchev–Trinajstić information content (AvgIpc) is 3.50. The molecule has 126 valence electrons. The number of hydrogen-bond acceptors (Lipinski definition) is 3. The lowest BCUT2D eigenvalue weighted by Crippen LogP contribution is -2.48. The Balaban J connectivity index is 1.32. The Hall–Kier alpha value is -1.56. The fourth-order valence-corrected chi connectivity index (χ4v) is 3.70. The third kappa shape index (κ3) is 3.09. The fourth-order valence-electron chi connectivity index (χ4n) is 3.70. The zero-order valence-corrected chi connectivity index (χ0v) is 13.8. The number of carbonyl (C=O) groups is 1. The molecule has 0 bridgehead atoms. The molecule has 0 spiro atoms. The van der Waals surface area contributed by atoms with E-state index < -0.39 is 0 Å². The zero-order valence-electron chi connectivity index (χ0n) is 13.8. The summed E-state index contributed by atoms with van der Waals surface area (Å²) >= 11 is 0. The molecule has 0 aromatic carbocycles. The van der Waals surface area contributed by atoms with Gasteiger partial charge in [-0.2, -0.15) is 5.10 Å². The van der Waals surface area contributed by atoms with Crippen LogP contribution in [-0.4, -0.2) is 47.0 Å². The second-order valence-corrected chi connectivity index (χ2v) is 7.23. The van der Waals surface area contributed by atoms with Crippen molar-refractivity contribution in [1.29, 1.82) is 0 Å². The molecule has 1 N–H and O–H groups in total. The van der Waals surface area contributed by atoms with Crippen LogP contribution in [0, 0.1) is 11.3 Å². The second-order valence-electron chi connectivity index (χ2n) is 7.23. The maximum Gasteiger partial charge on any atom is 0.317 e. The van der Waals surface area contributed by atoms with Crippen LogP contribution in [0.3, 0.4) is 0 Å². The topological polar surface area (TPSA) is 59.4 Å². The van der Waals surface area contributed by atoms with E-state index in [0.717, 1.165) is 24.6 Å². The molecule has 6 heteroatoms. The molecule has 0 radical (unpaired) electrons. The SMILES string of the molecule is CCn1cc([C@H]2CN(C(=O)NCC3(C4CC4)CC3)CCO2)cn1. The van der Waals surface area contributed by atoms with Crippen molar-refractivity contribution in [2.24, 2.45) is 11.3 Å². The summed E-state index contributed by atoms with van der Waals surface area (Å²) < 4.78 is 7.73. The highest BCUT2D eigenvalue weighted by Crippen LogP contribution is 2.60. The Morgan fingerprint density at radius 3 is 2.96 bits per heavy atom. The predicted molar refractivity (Wildman–Crippen MR) is 86.0 cm³/mol. The van der Waals surface area contributed by atoms with Crippen molar-refractivity contribution in [3.05, 3.63) is 18.0 Å². The summed E-state index contributed by atoms with van der Waals surface area (Å²) in [5.74, 6) is 0.875. The van der Waals surface area contributed by atoms with Crippen molar-refractivity contribution in [3.8, 4) is 0 Å². The molecule has 1 aromatic heterocycles. The van der Waals surface area contributed by atoms with Crippen LogP contribution in [0.1, 0.15) is 44.3 Å². The zero-order chi connectivity index (χ0) is 15.9. The molecule has 1 atom stereocenters. The minimum atomic E-state index is -0.0619. The van der Waals surface area contributed by atoms with Crippen LogP contribution in [0.25, 0.3) is 0 Å². The quantitative estimate of drug-likeness (QED) is 0.905. The van der Waals surface area contributed by atoms with Gasteiger partial charge in [-0.1, -0.05) is 0 Å². The van der Waals surface area contributed by atoms with E-state index in [2.05, 4.69) is 17.3 Å². The molecule has 3 aliphatic rings. The van der Waals surface area contributed by atoms with Crippen LogP contribution in [0.5, 0.6) is 0 Å². The molecule has 2 aliphatic carbocycles. The molecule has 2 saturated carbocycles. The molecule has 23 heavy (non-hydrogen) atoms. The number of hydrogen-bond donors (Lipinski definition) is 1. The molecule has 6 nitrogen and oxygen atoms in total. The van der Waals surface area contributed by atoms with Crippen molar-refractivity contribution in [3.63, 3.8) is 0 Å². The van der Waals surface area contributed by atoms with Crippen LogP contribution in [-0.2, 0) is 11.3 Å². The summed E-state index contributed by atoms with van der Waals surface area (Å²) in [4.78, 5) is 14.4. The maximum atomic E-state index is 12.5. The normalized spacial score (nSPS) is 26.1. The summed E-state index contributed by atoms with van der Waals surface area (Å²) in [5, 5.41) is 7.48. The lowest BCUT2D eigenvalue weighted by Gasteiger charge is -2.33. The maximum absolute atomic E-state index is 12.5. The molecular formula is C17H26N4O2. The first kappa shape index (κ1) is 15.0. The third-order valence-corrected chi connectivity index (χ3v) is 5.63. The summed E-state index contributed by atoms with van der Waals surface area (Å²) in [6.45, 7) is 5.62. The number of nitrogens with zero attached hydrogens (tertiary/aromatic N) is 3. The van der Waals surface area contributed by atoms with Crippen LogP contribution < -0.4 is 5.32 Å². The molecule has 1 aromatic rings. The van der Waals surface area contributed by atoms with Gasteiger partial charge in [0.25, 0.3) is 0 Å². The number of rotatable bonds is 5. The Kier molecular flexibility index (Phi) is 3.79. The van der Waals surface area contributed by atoms with E-state index in [9.17, 15) is 4.79 Å². The van der Waals surface area contributed by atoms with Gasteiger partial charge in [-0.25, -0.2) is 4.79 Å². The number of urea groups is 1. The summed E-state index contributed by atoms with van der Waals surface area (Å²) in [5.41, 5.74) is 1.50. The summed E-state index contributed by atoms with van der Waals surface area (Å²) in [6.07, 6.45) is 9.10. The van der Waals surface area contributed by atoms with Gasteiger partial charge in [-0.15, -0.1) is 0 Å². The van der Waals surface area contributed by atoms with E-state index in [0.29, 0.717) is 25.1 Å². The Morgan fingerprint density at radius 2 is 2.30 bits per heavy atom. The number of morpholine rings is 1. The highest BCUT2D eigenvalue weighted by molar-refractivity contribution is 5.74. The number of carbonyl (C=O) groups excluding carboxylic acids is 1. The van der Waals surface area contributed by atoms with Gasteiger partial charge in [-0.05, 0) is 43.9 Å². The molecule has 0 unspecified atom stereocenters. The smallest absolute Gasteiger partial charge is 0.317 e. The average molecular weight is 318 g/mol. The van der Waals surface area contributed by atoms with Crippen molar-refractivity contribution in [1.82, 2.24) is 20.0 Å². The van der Waals surface area contributed by atoms with Crippen molar-refractivity contribution >= 4 is 6.03 Å². The van der Waals surface area contributed by atoms with Crippen molar-refractivity contribution in [2.45, 2.75) is 45.3 Å². The first-order valence-corrected chi connectivity index (χ1v) is 8.87. The minimum Gasteiger partial charge on any atom is -0.370 e. The Bertz CT molecular complexity index is 577. The van der Waals surface area contributed by atoms with Gasteiger partial charge in [0.2, 0.25) is 0 Å². The number of nitrogens with one attached hydrogen (secondary N) is 1. The number of ether oxygens (including phenoxy) is 1. The lowest BCUT2D eigenvalue weighted by molar-refractivity contribution is -0.0156. The van der Waals surface area contributed by atoms with Gasteiger partial charge >= 0.3 is 6.03 Å². The largest absolute Gasteiger partial charge is 0.370 e. The first-order valence-electron chi connectivity index (χ1n) is 8.87. The molecule has 1 saturated heterocycles. The highest BCUT2D eigenvalue weighted by Gasteiger charge is 2.53. The number of aromatic nitrogens is 2. The number of amides is 2. The van der Waals surface area contributed by atoms with E-state index in [1.165, 1.54) is 25.7 Å². The van der Waals surface area contributed by atoms with Crippen LogP contribution in [0.15, 0.2) is 12.4 Å². The van der Waals surface area contributed by atoms with Crippen LogP contribution in [0.4, 0.5) is 4.79 Å². The molecule has 4 rings (SSSR count). The first-order chi connectivity index (χ1) is 11.2. The number of aryl methyl sites for hydroxylation is 1. The van der Waals surface area contributed by atoms with Crippen molar-refractivity contribution in [2.75, 3.05) is 26.2 Å². The van der Waals surface area contributed by atoms with E-state index >= 15 is 0 Å². The molecule has 2 heterocycles. The van der Waals surface area contributed by atoms with Gasteiger partial charge in [0, 0.05) is 31.4 Å². The summed E-state index contributed by atoms with van der Waals surface area (Å²) in [7, 11) is 0. The van der Waals surface area contributed by atoms with E-state index in [1.807, 2.05) is 22.0 Å². The van der Waals surface area contributed by atoms with Gasteiger partial charge in [-0.3, -0.25) is 4.68 Å². The van der Waals surface area contributed by atoms with Gasteiger partial charge in [0.1, 0.15) is 6.10 Å². The van der Waals surface area contributed by atoms with Crippen molar-refractivity contribution < 1.29 is 9.53 Å². The Labute approximate surface area is 137 Å². The lowest BCUT2D eigenvalue weighted by atomic mass is 10.0. The van der Waals surface area contributed by atoms with Crippen LogP contribution in [0.2, 0.25) is 0 Å². The van der Waals surface area contributed by atoms with Crippen LogP contribution >= 0.6 is 0 Å². The molecule has 1 aliphatic heterocycles. The molecule has 3 fully saturated rings. The Morgan fingerprint density at radius 1 is 1.48 bits per heavy atom. The third-order valence-electron chi connectivity index (χ3n) is 5.63. The standard InChI is InChI=1S/C17H26N4O2/c1-2-21-10-13(9-19-21)15-11-20(7-8-23-15)16(22)18-12-17(5-6-17)14-3-4-14/h9-10,14-15H,2-8,11-12H2,1H3,(H,18,22)/t15-/m1/s1.